The zero-order chi connectivity index (χ0) is 22.7. The molecule has 2 aliphatic carbocycles. The van der Waals surface area contributed by atoms with E-state index < -0.39 is 18.1 Å². The molecule has 4 rings (SSSR count). The molecule has 0 aliphatic heterocycles. The number of carbonyl (C=O) groups is 3. The van der Waals surface area contributed by atoms with Crippen LogP contribution < -0.4 is 5.32 Å². The summed E-state index contributed by atoms with van der Waals surface area (Å²) in [5.74, 6) is -1.34. The molecule has 1 atom stereocenters. The summed E-state index contributed by atoms with van der Waals surface area (Å²) in [6, 6.07) is 15.4. The molecule has 0 aromatic heterocycles. The summed E-state index contributed by atoms with van der Waals surface area (Å²) >= 11 is 0. The van der Waals surface area contributed by atoms with Crippen molar-refractivity contribution in [2.75, 3.05) is 13.2 Å². The van der Waals surface area contributed by atoms with Crippen molar-refractivity contribution >= 4 is 18.0 Å². The van der Waals surface area contributed by atoms with Crippen molar-refractivity contribution in [3.8, 4) is 11.1 Å². The van der Waals surface area contributed by atoms with Gasteiger partial charge in [0.25, 0.3) is 0 Å². The third-order valence-corrected chi connectivity index (χ3v) is 6.19. The lowest BCUT2D eigenvalue weighted by Crippen LogP contribution is -2.49. The lowest BCUT2D eigenvalue weighted by Gasteiger charge is -2.26. The van der Waals surface area contributed by atoms with Gasteiger partial charge in [-0.2, -0.15) is 0 Å². The summed E-state index contributed by atoms with van der Waals surface area (Å²) in [7, 11) is 0. The average Bonchev–Trinajstić information content (AvgIpc) is 3.57. The van der Waals surface area contributed by atoms with Gasteiger partial charge in [0.1, 0.15) is 12.6 Å². The predicted octanol–water partition coefficient (Wildman–Crippen LogP) is 3.77. The minimum atomic E-state index is -1.01. The number of fused-ring (bicyclic) bond motifs is 3. The molecule has 32 heavy (non-hydrogen) atoms. The van der Waals surface area contributed by atoms with Crippen LogP contribution in [0.5, 0.6) is 0 Å². The van der Waals surface area contributed by atoms with Crippen molar-refractivity contribution in [1.82, 2.24) is 10.2 Å². The first-order valence-electron chi connectivity index (χ1n) is 11.1. The van der Waals surface area contributed by atoms with Crippen LogP contribution in [0.2, 0.25) is 0 Å². The SMILES string of the molecule is CCN(C(=O)C(CCC(=O)O)NC(=O)OCC1c2ccccc2-c2ccccc21)C1CC1. The van der Waals surface area contributed by atoms with Crippen molar-refractivity contribution < 1.29 is 24.2 Å². The number of carbonyl (C=O) groups excluding carboxylic acids is 2. The van der Waals surface area contributed by atoms with Gasteiger partial charge in [-0.25, -0.2) is 4.79 Å². The topological polar surface area (TPSA) is 95.9 Å². The van der Waals surface area contributed by atoms with Crippen molar-refractivity contribution in [2.45, 2.75) is 50.6 Å². The second-order valence-electron chi connectivity index (χ2n) is 8.31. The Hall–Kier alpha value is -3.35. The molecule has 2 aliphatic rings. The van der Waals surface area contributed by atoms with Crippen molar-refractivity contribution in [3.05, 3.63) is 59.7 Å². The van der Waals surface area contributed by atoms with E-state index in [-0.39, 0.29) is 37.3 Å². The second-order valence-corrected chi connectivity index (χ2v) is 8.31. The van der Waals surface area contributed by atoms with E-state index >= 15 is 0 Å². The molecular formula is C25H28N2O5. The zero-order valence-corrected chi connectivity index (χ0v) is 18.1. The maximum absolute atomic E-state index is 13.0. The number of hydrogen-bond donors (Lipinski definition) is 2. The average molecular weight is 437 g/mol. The number of nitrogens with zero attached hydrogens (tertiary/aromatic N) is 1. The van der Waals surface area contributed by atoms with Crippen LogP contribution in [0.25, 0.3) is 11.1 Å². The molecule has 0 saturated heterocycles. The minimum absolute atomic E-state index is 0.0293. The van der Waals surface area contributed by atoms with Crippen molar-refractivity contribution in [2.24, 2.45) is 0 Å². The molecule has 2 aromatic rings. The van der Waals surface area contributed by atoms with Crippen LogP contribution in [0.15, 0.2) is 48.5 Å². The first-order valence-corrected chi connectivity index (χ1v) is 11.1. The zero-order valence-electron chi connectivity index (χ0n) is 18.1. The van der Waals surface area contributed by atoms with Crippen molar-refractivity contribution in [3.63, 3.8) is 0 Å². The summed E-state index contributed by atoms with van der Waals surface area (Å²) in [5.41, 5.74) is 4.47. The molecule has 0 radical (unpaired) electrons. The van der Waals surface area contributed by atoms with E-state index in [1.165, 1.54) is 0 Å². The van der Waals surface area contributed by atoms with E-state index in [1.807, 2.05) is 43.3 Å². The van der Waals surface area contributed by atoms with Crippen LogP contribution in [-0.4, -0.2) is 53.2 Å². The highest BCUT2D eigenvalue weighted by Crippen LogP contribution is 2.44. The van der Waals surface area contributed by atoms with Gasteiger partial charge in [0, 0.05) is 24.9 Å². The molecule has 2 aromatic carbocycles. The summed E-state index contributed by atoms with van der Waals surface area (Å²) in [5, 5.41) is 11.7. The van der Waals surface area contributed by atoms with Gasteiger partial charge in [-0.1, -0.05) is 48.5 Å². The van der Waals surface area contributed by atoms with E-state index in [2.05, 4.69) is 17.4 Å². The predicted molar refractivity (Wildman–Crippen MR) is 119 cm³/mol. The van der Waals surface area contributed by atoms with Gasteiger partial charge >= 0.3 is 12.1 Å². The fraction of sp³-hybridized carbons (Fsp3) is 0.400. The van der Waals surface area contributed by atoms with E-state index in [9.17, 15) is 14.4 Å². The number of ether oxygens (including phenoxy) is 1. The Kier molecular flexibility index (Phi) is 6.44. The lowest BCUT2D eigenvalue weighted by molar-refractivity contribution is -0.138. The monoisotopic (exact) mass is 436 g/mol. The number of benzene rings is 2. The maximum Gasteiger partial charge on any atom is 0.407 e. The molecule has 7 heteroatoms. The van der Waals surface area contributed by atoms with Crippen LogP contribution in [-0.2, 0) is 14.3 Å². The standard InChI is InChI=1S/C25H28N2O5/c1-2-27(16-11-12-16)24(30)22(13-14-23(28)29)26-25(31)32-15-21-19-9-5-3-7-17(19)18-8-4-6-10-20(18)21/h3-10,16,21-22H,2,11-15H2,1H3,(H,26,31)(H,28,29). The second kappa shape index (κ2) is 9.42. The molecule has 0 bridgehead atoms. The van der Waals surface area contributed by atoms with Gasteiger partial charge in [-0.3, -0.25) is 9.59 Å². The Bertz CT molecular complexity index is 971. The number of amides is 2. The normalized spacial score (nSPS) is 15.4. The molecule has 1 unspecified atom stereocenters. The van der Waals surface area contributed by atoms with E-state index in [4.69, 9.17) is 9.84 Å². The number of hydrogen-bond acceptors (Lipinski definition) is 4. The molecule has 0 heterocycles. The van der Waals surface area contributed by atoms with Gasteiger partial charge in [0.15, 0.2) is 0 Å². The summed E-state index contributed by atoms with van der Waals surface area (Å²) in [4.78, 5) is 38.4. The molecule has 0 spiro atoms. The highest BCUT2D eigenvalue weighted by atomic mass is 16.5. The number of carboxylic acid groups (broad SMARTS) is 1. The Labute approximate surface area is 187 Å². The van der Waals surface area contributed by atoms with Crippen LogP contribution >= 0.6 is 0 Å². The lowest BCUT2D eigenvalue weighted by atomic mass is 9.98. The highest BCUT2D eigenvalue weighted by molar-refractivity contribution is 5.86. The van der Waals surface area contributed by atoms with Gasteiger partial charge in [0.2, 0.25) is 5.91 Å². The van der Waals surface area contributed by atoms with E-state index in [1.54, 1.807) is 4.90 Å². The van der Waals surface area contributed by atoms with Gasteiger partial charge in [0.05, 0.1) is 0 Å². The van der Waals surface area contributed by atoms with Crippen LogP contribution in [0, 0.1) is 0 Å². The Morgan fingerprint density at radius 1 is 1.06 bits per heavy atom. The third-order valence-electron chi connectivity index (χ3n) is 6.19. The molecular weight excluding hydrogens is 408 g/mol. The van der Waals surface area contributed by atoms with Gasteiger partial charge < -0.3 is 20.1 Å². The van der Waals surface area contributed by atoms with E-state index in [0.29, 0.717) is 6.54 Å². The fourth-order valence-corrected chi connectivity index (χ4v) is 4.49. The quantitative estimate of drug-likeness (QED) is 0.624. The molecule has 2 amide bonds. The number of alkyl carbamates (subject to hydrolysis) is 1. The summed E-state index contributed by atoms with van der Waals surface area (Å²) < 4.78 is 5.55. The Morgan fingerprint density at radius 3 is 2.19 bits per heavy atom. The van der Waals surface area contributed by atoms with Crippen LogP contribution in [0.4, 0.5) is 4.79 Å². The largest absolute Gasteiger partial charge is 0.481 e. The number of nitrogens with one attached hydrogen (secondary N) is 1. The smallest absolute Gasteiger partial charge is 0.407 e. The van der Waals surface area contributed by atoms with Gasteiger partial charge in [-0.15, -0.1) is 0 Å². The minimum Gasteiger partial charge on any atom is -0.481 e. The number of likely N-dealkylation sites (N-methyl/N-ethyl adjacent to an activating group) is 1. The first-order chi connectivity index (χ1) is 15.5. The van der Waals surface area contributed by atoms with Gasteiger partial charge in [-0.05, 0) is 48.4 Å². The van der Waals surface area contributed by atoms with Crippen LogP contribution in [0.1, 0.15) is 49.7 Å². The number of carboxylic acids is 1. The molecule has 7 nitrogen and oxygen atoms in total. The molecule has 168 valence electrons. The Morgan fingerprint density at radius 2 is 1.66 bits per heavy atom. The van der Waals surface area contributed by atoms with E-state index in [0.717, 1.165) is 35.1 Å². The van der Waals surface area contributed by atoms with Crippen molar-refractivity contribution in [1.29, 1.82) is 0 Å². The summed E-state index contributed by atoms with van der Waals surface area (Å²) in [6.07, 6.45) is 0.999. The number of aliphatic carboxylic acids is 1. The molecule has 1 fully saturated rings. The number of rotatable bonds is 9. The maximum atomic E-state index is 13.0. The Balaban J connectivity index is 1.43. The molecule has 2 N–H and O–H groups in total. The highest BCUT2D eigenvalue weighted by Gasteiger charge is 2.36. The fourth-order valence-electron chi connectivity index (χ4n) is 4.49. The third kappa shape index (κ3) is 4.61. The molecule has 1 saturated carbocycles. The van der Waals surface area contributed by atoms with Crippen LogP contribution in [0.3, 0.4) is 0 Å². The summed E-state index contributed by atoms with van der Waals surface area (Å²) in [6.45, 7) is 2.55. The first kappa shape index (κ1) is 21.9.